The van der Waals surface area contributed by atoms with Gasteiger partial charge in [0.2, 0.25) is 0 Å². The quantitative estimate of drug-likeness (QED) is 0.478. The number of anilines is 2. The molecule has 2 aromatic carbocycles. The van der Waals surface area contributed by atoms with Crippen molar-refractivity contribution in [3.8, 4) is 5.82 Å². The van der Waals surface area contributed by atoms with Gasteiger partial charge in [-0.25, -0.2) is 18.7 Å². The van der Waals surface area contributed by atoms with Crippen LogP contribution in [0.15, 0.2) is 48.8 Å². The van der Waals surface area contributed by atoms with Crippen LogP contribution in [-0.4, -0.2) is 19.5 Å². The molecule has 10 heteroatoms. The number of hydrogen-bond acceptors (Lipinski definition) is 4. The third kappa shape index (κ3) is 3.48. The largest absolute Gasteiger partial charge is 0.422 e. The molecular formula is C19H12F5N5. The lowest BCUT2D eigenvalue weighted by atomic mass is 10.1. The van der Waals surface area contributed by atoms with Gasteiger partial charge in [-0.05, 0) is 31.2 Å². The van der Waals surface area contributed by atoms with E-state index >= 15 is 0 Å². The van der Waals surface area contributed by atoms with Crippen LogP contribution < -0.4 is 5.32 Å². The summed E-state index contributed by atoms with van der Waals surface area (Å²) in [5, 5.41) is 2.58. The van der Waals surface area contributed by atoms with E-state index in [1.54, 1.807) is 11.5 Å². The maximum Gasteiger partial charge on any atom is 0.422 e. The van der Waals surface area contributed by atoms with E-state index in [-0.39, 0.29) is 11.5 Å². The molecule has 148 valence electrons. The Hall–Kier alpha value is -3.56. The molecule has 29 heavy (non-hydrogen) atoms. The maximum atomic E-state index is 13.8. The number of imidazole rings is 1. The molecule has 2 aromatic heterocycles. The average molecular weight is 405 g/mol. The number of hydrogen-bond donors (Lipinski definition) is 1. The summed E-state index contributed by atoms with van der Waals surface area (Å²) in [5.41, 5.74) is -0.643. The molecule has 4 aromatic rings. The first-order chi connectivity index (χ1) is 13.7. The Morgan fingerprint density at radius 1 is 0.966 bits per heavy atom. The summed E-state index contributed by atoms with van der Waals surface area (Å²) in [6.45, 7) is 1.78. The predicted octanol–water partition coefficient (Wildman–Crippen LogP) is 5.16. The van der Waals surface area contributed by atoms with Crippen molar-refractivity contribution in [1.82, 2.24) is 19.5 Å². The molecule has 0 atom stereocenters. The minimum absolute atomic E-state index is 0.0956. The number of benzene rings is 2. The summed E-state index contributed by atoms with van der Waals surface area (Å²) >= 11 is 0. The number of fused-ring (bicyclic) bond motifs is 1. The van der Waals surface area contributed by atoms with Gasteiger partial charge in [0.25, 0.3) is 0 Å². The van der Waals surface area contributed by atoms with Gasteiger partial charge in [0.05, 0.1) is 23.4 Å². The van der Waals surface area contributed by atoms with Gasteiger partial charge in [-0.1, -0.05) is 12.1 Å². The molecule has 0 amide bonds. The Morgan fingerprint density at radius 2 is 1.66 bits per heavy atom. The highest BCUT2D eigenvalue weighted by molar-refractivity contribution is 5.77. The normalized spacial score (nSPS) is 11.8. The van der Waals surface area contributed by atoms with Gasteiger partial charge in [-0.3, -0.25) is 9.55 Å². The first kappa shape index (κ1) is 18.8. The number of aryl methyl sites for hydroxylation is 1. The summed E-state index contributed by atoms with van der Waals surface area (Å²) in [6.07, 6.45) is -2.38. The van der Waals surface area contributed by atoms with Gasteiger partial charge in [0.1, 0.15) is 23.0 Å². The van der Waals surface area contributed by atoms with E-state index in [4.69, 9.17) is 0 Å². The number of aromatic nitrogens is 4. The van der Waals surface area contributed by atoms with Crippen molar-refractivity contribution in [3.63, 3.8) is 0 Å². The Balaban J connectivity index is 1.71. The Morgan fingerprint density at radius 3 is 2.34 bits per heavy atom. The fourth-order valence-electron chi connectivity index (χ4n) is 3.02. The molecule has 5 nitrogen and oxygen atoms in total. The van der Waals surface area contributed by atoms with E-state index < -0.39 is 23.4 Å². The van der Waals surface area contributed by atoms with E-state index in [2.05, 4.69) is 20.3 Å². The molecule has 0 aliphatic heterocycles. The van der Waals surface area contributed by atoms with Crippen LogP contribution in [0.2, 0.25) is 0 Å². The Bertz CT molecular complexity index is 1190. The summed E-state index contributed by atoms with van der Waals surface area (Å²) in [6, 6.07) is 8.47. The zero-order valence-corrected chi connectivity index (χ0v) is 14.8. The second-order valence-corrected chi connectivity index (χ2v) is 6.18. The van der Waals surface area contributed by atoms with E-state index in [1.165, 1.54) is 12.4 Å². The third-order valence-corrected chi connectivity index (χ3v) is 4.18. The minimum Gasteiger partial charge on any atom is -0.339 e. The van der Waals surface area contributed by atoms with Crippen LogP contribution in [-0.2, 0) is 6.18 Å². The van der Waals surface area contributed by atoms with Crippen LogP contribution in [0, 0.1) is 18.6 Å². The predicted molar refractivity (Wildman–Crippen MR) is 96.0 cm³/mol. The molecule has 0 aliphatic carbocycles. The molecule has 2 heterocycles. The summed E-state index contributed by atoms with van der Waals surface area (Å²) in [4.78, 5) is 12.8. The molecule has 0 radical (unpaired) electrons. The number of para-hydroxylation sites is 2. The summed E-state index contributed by atoms with van der Waals surface area (Å²) < 4.78 is 67.5. The smallest absolute Gasteiger partial charge is 0.339 e. The van der Waals surface area contributed by atoms with Crippen LogP contribution in [0.3, 0.4) is 0 Å². The van der Waals surface area contributed by atoms with Gasteiger partial charge >= 0.3 is 6.18 Å². The van der Waals surface area contributed by atoms with Crippen LogP contribution >= 0.6 is 0 Å². The molecule has 4 rings (SSSR count). The highest BCUT2D eigenvalue weighted by Crippen LogP contribution is 2.35. The van der Waals surface area contributed by atoms with Crippen LogP contribution in [0.4, 0.5) is 33.5 Å². The van der Waals surface area contributed by atoms with Crippen molar-refractivity contribution >= 4 is 22.5 Å². The van der Waals surface area contributed by atoms with E-state index in [0.29, 0.717) is 23.8 Å². The molecule has 0 aliphatic rings. The number of rotatable bonds is 3. The van der Waals surface area contributed by atoms with Gasteiger partial charge in [-0.15, -0.1) is 0 Å². The molecule has 0 saturated carbocycles. The fourth-order valence-corrected chi connectivity index (χ4v) is 3.02. The van der Waals surface area contributed by atoms with Gasteiger partial charge in [0.15, 0.2) is 11.6 Å². The number of alkyl halides is 3. The van der Waals surface area contributed by atoms with Gasteiger partial charge < -0.3 is 5.32 Å². The molecule has 1 N–H and O–H groups in total. The first-order valence-electron chi connectivity index (χ1n) is 8.34. The second kappa shape index (κ2) is 6.80. The summed E-state index contributed by atoms with van der Waals surface area (Å²) in [7, 11) is 0. The van der Waals surface area contributed by atoms with Crippen molar-refractivity contribution in [1.29, 1.82) is 0 Å². The monoisotopic (exact) mass is 405 g/mol. The number of nitrogens with zero attached hydrogens (tertiary/aromatic N) is 4. The van der Waals surface area contributed by atoms with Crippen molar-refractivity contribution in [3.05, 3.63) is 71.8 Å². The SMILES string of the molecule is Cc1nc2ccccc2n1-c1cncc(Nc2cc(F)c(C(F)(F)F)c(F)c2)n1. The summed E-state index contributed by atoms with van der Waals surface area (Å²) in [5.74, 6) is -2.32. The topological polar surface area (TPSA) is 55.6 Å². The van der Waals surface area contributed by atoms with Crippen molar-refractivity contribution < 1.29 is 22.0 Å². The van der Waals surface area contributed by atoms with Crippen LogP contribution in [0.25, 0.3) is 16.9 Å². The van der Waals surface area contributed by atoms with Crippen molar-refractivity contribution in [2.75, 3.05) is 5.32 Å². The van der Waals surface area contributed by atoms with E-state index in [0.717, 1.165) is 11.0 Å². The zero-order chi connectivity index (χ0) is 20.8. The van der Waals surface area contributed by atoms with Crippen LogP contribution in [0.1, 0.15) is 11.4 Å². The lowest BCUT2D eigenvalue weighted by Crippen LogP contribution is -2.12. The highest BCUT2D eigenvalue weighted by Gasteiger charge is 2.38. The van der Waals surface area contributed by atoms with E-state index in [1.807, 2.05) is 24.3 Å². The Labute approximate surface area is 160 Å². The minimum atomic E-state index is -5.13. The molecular weight excluding hydrogens is 393 g/mol. The molecule has 0 saturated heterocycles. The first-order valence-corrected chi connectivity index (χ1v) is 8.34. The Kier molecular flexibility index (Phi) is 4.40. The van der Waals surface area contributed by atoms with Crippen LogP contribution in [0.5, 0.6) is 0 Å². The molecule has 0 spiro atoms. The van der Waals surface area contributed by atoms with Gasteiger partial charge in [-0.2, -0.15) is 13.2 Å². The zero-order valence-electron chi connectivity index (χ0n) is 14.8. The molecule has 0 unspecified atom stereocenters. The second-order valence-electron chi connectivity index (χ2n) is 6.18. The molecule has 0 bridgehead atoms. The maximum absolute atomic E-state index is 13.8. The van der Waals surface area contributed by atoms with Crippen molar-refractivity contribution in [2.45, 2.75) is 13.1 Å². The third-order valence-electron chi connectivity index (χ3n) is 4.18. The van der Waals surface area contributed by atoms with E-state index in [9.17, 15) is 22.0 Å². The standard InChI is InChI=1S/C19H12F5N5/c1-10-26-14-4-2-3-5-15(14)29(10)17-9-25-8-16(28-17)27-11-6-12(20)18(13(21)7-11)19(22,23)24/h2-9H,1H3,(H,27,28). The molecule has 0 fully saturated rings. The van der Waals surface area contributed by atoms with Gasteiger partial charge in [0, 0.05) is 5.69 Å². The number of nitrogens with one attached hydrogen (secondary N) is 1. The average Bonchev–Trinajstić information content (AvgIpc) is 2.95. The lowest BCUT2D eigenvalue weighted by molar-refractivity contribution is -0.142. The van der Waals surface area contributed by atoms with Crippen molar-refractivity contribution in [2.24, 2.45) is 0 Å². The fraction of sp³-hybridized carbons (Fsp3) is 0.105. The highest BCUT2D eigenvalue weighted by atomic mass is 19.4. The lowest BCUT2D eigenvalue weighted by Gasteiger charge is -2.12. The number of halogens is 5.